The molecule has 0 aliphatic carbocycles. The van der Waals surface area contributed by atoms with Crippen LogP contribution in [0, 0.1) is 13.8 Å². The molecule has 0 atom stereocenters. The van der Waals surface area contributed by atoms with Crippen LogP contribution in [-0.4, -0.2) is 7.05 Å². The zero-order valence-electron chi connectivity index (χ0n) is 9.94. The van der Waals surface area contributed by atoms with Crippen molar-refractivity contribution in [2.24, 2.45) is 0 Å². The lowest BCUT2D eigenvalue weighted by Crippen LogP contribution is -2.03. The van der Waals surface area contributed by atoms with Crippen molar-refractivity contribution in [1.29, 1.82) is 0 Å². The first-order valence-electron chi connectivity index (χ1n) is 5.09. The lowest BCUT2D eigenvalue weighted by Gasteiger charge is -2.06. The van der Waals surface area contributed by atoms with Crippen LogP contribution in [0.5, 0.6) is 0 Å². The Balaban J connectivity index is 0.000000791. The molecule has 0 fully saturated rings. The van der Waals surface area contributed by atoms with E-state index in [2.05, 4.69) is 43.9 Å². The predicted molar refractivity (Wildman–Crippen MR) is 65.4 cm³/mol. The number of rotatable bonds is 2. The van der Waals surface area contributed by atoms with Crippen LogP contribution in [0.2, 0.25) is 0 Å². The molecule has 1 rings (SSSR count). The summed E-state index contributed by atoms with van der Waals surface area (Å²) in [7, 11) is 1.89. The molecule has 0 saturated carbocycles. The SMILES string of the molecule is C=C(NC)c1cc(C)cc(C)c1.CC. The molecule has 1 aromatic carbocycles. The Morgan fingerprint density at radius 2 is 1.50 bits per heavy atom. The molecule has 1 N–H and O–H groups in total. The Kier molecular flexibility index (Phi) is 5.70. The highest BCUT2D eigenvalue weighted by Crippen LogP contribution is 2.13. The molecule has 0 bridgehead atoms. The standard InChI is InChI=1S/C11H15N.C2H6/c1-8-5-9(2)7-11(6-8)10(3)12-4;1-2/h5-7,12H,3H2,1-2,4H3;1-2H3. The molecular weight excluding hydrogens is 170 g/mol. The van der Waals surface area contributed by atoms with Crippen molar-refractivity contribution in [3.63, 3.8) is 0 Å². The molecule has 1 nitrogen and oxygen atoms in total. The van der Waals surface area contributed by atoms with Gasteiger partial charge in [0.15, 0.2) is 0 Å². The van der Waals surface area contributed by atoms with Crippen molar-refractivity contribution < 1.29 is 0 Å². The van der Waals surface area contributed by atoms with Crippen molar-refractivity contribution in [1.82, 2.24) is 5.32 Å². The summed E-state index contributed by atoms with van der Waals surface area (Å²) in [6.45, 7) is 12.1. The minimum Gasteiger partial charge on any atom is -0.388 e. The highest BCUT2D eigenvalue weighted by molar-refractivity contribution is 5.62. The third-order valence-electron chi connectivity index (χ3n) is 1.87. The summed E-state index contributed by atoms with van der Waals surface area (Å²) < 4.78 is 0. The molecule has 78 valence electrons. The molecule has 0 amide bonds. The molecule has 0 spiro atoms. The quantitative estimate of drug-likeness (QED) is 0.754. The summed E-state index contributed by atoms with van der Waals surface area (Å²) in [6, 6.07) is 6.42. The molecule has 0 heterocycles. The number of benzene rings is 1. The van der Waals surface area contributed by atoms with Crippen LogP contribution in [0.25, 0.3) is 5.70 Å². The zero-order chi connectivity index (χ0) is 11.1. The first-order valence-corrected chi connectivity index (χ1v) is 5.09. The molecule has 0 aliphatic heterocycles. The van der Waals surface area contributed by atoms with E-state index in [9.17, 15) is 0 Å². The maximum atomic E-state index is 3.91. The summed E-state index contributed by atoms with van der Waals surface area (Å²) in [4.78, 5) is 0. The number of aryl methyl sites for hydroxylation is 2. The van der Waals surface area contributed by atoms with Gasteiger partial charge in [-0.05, 0) is 31.5 Å². The molecule has 1 aromatic rings. The average molecular weight is 191 g/mol. The van der Waals surface area contributed by atoms with Gasteiger partial charge in [0, 0.05) is 12.7 Å². The Hall–Kier alpha value is -1.24. The molecule has 0 saturated heterocycles. The summed E-state index contributed by atoms with van der Waals surface area (Å²) in [5.41, 5.74) is 4.71. The zero-order valence-corrected chi connectivity index (χ0v) is 9.94. The Morgan fingerprint density at radius 1 is 1.07 bits per heavy atom. The summed E-state index contributed by atoms with van der Waals surface area (Å²) >= 11 is 0. The largest absolute Gasteiger partial charge is 0.388 e. The van der Waals surface area contributed by atoms with Gasteiger partial charge in [-0.15, -0.1) is 0 Å². The predicted octanol–water partition coefficient (Wildman–Crippen LogP) is 3.52. The van der Waals surface area contributed by atoms with Crippen molar-refractivity contribution in [2.45, 2.75) is 27.7 Å². The van der Waals surface area contributed by atoms with Crippen LogP contribution in [0.15, 0.2) is 24.8 Å². The monoisotopic (exact) mass is 191 g/mol. The minimum absolute atomic E-state index is 0.974. The second-order valence-corrected chi connectivity index (χ2v) is 3.10. The maximum absolute atomic E-state index is 3.91. The van der Waals surface area contributed by atoms with E-state index in [0.29, 0.717) is 0 Å². The molecule has 0 aliphatic rings. The van der Waals surface area contributed by atoms with E-state index >= 15 is 0 Å². The first kappa shape index (κ1) is 12.8. The smallest absolute Gasteiger partial charge is 0.0338 e. The molecule has 0 aromatic heterocycles. The fraction of sp³-hybridized carbons (Fsp3) is 0.385. The van der Waals surface area contributed by atoms with E-state index < -0.39 is 0 Å². The Labute approximate surface area is 87.9 Å². The minimum atomic E-state index is 0.974. The van der Waals surface area contributed by atoms with Crippen LogP contribution in [0.4, 0.5) is 0 Å². The Morgan fingerprint density at radius 3 is 1.86 bits per heavy atom. The second kappa shape index (κ2) is 6.25. The van der Waals surface area contributed by atoms with Gasteiger partial charge in [-0.25, -0.2) is 0 Å². The summed E-state index contributed by atoms with van der Waals surface area (Å²) in [5.74, 6) is 0. The second-order valence-electron chi connectivity index (χ2n) is 3.10. The highest BCUT2D eigenvalue weighted by Gasteiger charge is 1.97. The van der Waals surface area contributed by atoms with Crippen molar-refractivity contribution in [3.05, 3.63) is 41.5 Å². The van der Waals surface area contributed by atoms with E-state index in [-0.39, 0.29) is 0 Å². The van der Waals surface area contributed by atoms with Gasteiger partial charge in [-0.1, -0.05) is 37.6 Å². The van der Waals surface area contributed by atoms with E-state index in [1.165, 1.54) is 16.7 Å². The van der Waals surface area contributed by atoms with Gasteiger partial charge in [0.1, 0.15) is 0 Å². The van der Waals surface area contributed by atoms with E-state index in [4.69, 9.17) is 0 Å². The van der Waals surface area contributed by atoms with Gasteiger partial charge in [0.25, 0.3) is 0 Å². The fourth-order valence-electron chi connectivity index (χ4n) is 1.29. The third kappa shape index (κ3) is 3.65. The third-order valence-corrected chi connectivity index (χ3v) is 1.87. The van der Waals surface area contributed by atoms with Crippen LogP contribution in [0.3, 0.4) is 0 Å². The Bertz CT molecular complexity index is 280. The first-order chi connectivity index (χ1) is 6.63. The lowest BCUT2D eigenvalue weighted by atomic mass is 10.1. The average Bonchev–Trinajstić information content (AvgIpc) is 2.18. The maximum Gasteiger partial charge on any atom is 0.0338 e. The van der Waals surface area contributed by atoms with Gasteiger partial charge >= 0.3 is 0 Å². The van der Waals surface area contributed by atoms with E-state index in [0.717, 1.165) is 5.70 Å². The fourth-order valence-corrected chi connectivity index (χ4v) is 1.29. The number of hydrogen-bond donors (Lipinski definition) is 1. The van der Waals surface area contributed by atoms with Gasteiger partial charge in [0.05, 0.1) is 0 Å². The molecule has 0 unspecified atom stereocenters. The van der Waals surface area contributed by atoms with Crippen molar-refractivity contribution in [3.8, 4) is 0 Å². The number of hydrogen-bond acceptors (Lipinski definition) is 1. The van der Waals surface area contributed by atoms with Gasteiger partial charge in [0.2, 0.25) is 0 Å². The lowest BCUT2D eigenvalue weighted by molar-refractivity contribution is 1.13. The summed E-state index contributed by atoms with van der Waals surface area (Å²) in [6.07, 6.45) is 0. The van der Waals surface area contributed by atoms with Crippen molar-refractivity contribution in [2.75, 3.05) is 7.05 Å². The highest BCUT2D eigenvalue weighted by atomic mass is 14.8. The van der Waals surface area contributed by atoms with Gasteiger partial charge < -0.3 is 5.32 Å². The van der Waals surface area contributed by atoms with Crippen LogP contribution < -0.4 is 5.32 Å². The normalized spacial score (nSPS) is 8.64. The van der Waals surface area contributed by atoms with Crippen LogP contribution in [0.1, 0.15) is 30.5 Å². The number of nitrogens with one attached hydrogen (secondary N) is 1. The molecule has 14 heavy (non-hydrogen) atoms. The van der Waals surface area contributed by atoms with Crippen LogP contribution >= 0.6 is 0 Å². The molecular formula is C13H21N. The van der Waals surface area contributed by atoms with Gasteiger partial charge in [-0.3, -0.25) is 0 Å². The molecule has 0 radical (unpaired) electrons. The molecule has 1 heteroatoms. The van der Waals surface area contributed by atoms with E-state index in [1.54, 1.807) is 0 Å². The topological polar surface area (TPSA) is 12.0 Å². The summed E-state index contributed by atoms with van der Waals surface area (Å²) in [5, 5.41) is 3.04. The van der Waals surface area contributed by atoms with E-state index in [1.807, 2.05) is 20.9 Å². The van der Waals surface area contributed by atoms with Crippen molar-refractivity contribution >= 4 is 5.70 Å². The van der Waals surface area contributed by atoms with Gasteiger partial charge in [-0.2, -0.15) is 0 Å². The van der Waals surface area contributed by atoms with Crippen LogP contribution in [-0.2, 0) is 0 Å².